The van der Waals surface area contributed by atoms with Crippen LogP contribution in [0.4, 0.5) is 5.69 Å². The van der Waals surface area contributed by atoms with Gasteiger partial charge in [-0.1, -0.05) is 30.3 Å². The lowest BCUT2D eigenvalue weighted by Crippen LogP contribution is -2.41. The molecule has 1 heterocycles. The molecule has 0 aromatic heterocycles. The fourth-order valence-corrected chi connectivity index (χ4v) is 3.49. The van der Waals surface area contributed by atoms with Crippen LogP contribution < -0.4 is 10.9 Å². The highest BCUT2D eigenvalue weighted by Gasteiger charge is 2.21. The van der Waals surface area contributed by atoms with Gasteiger partial charge in [0.2, 0.25) is 0 Å². The number of nitrogens with zero attached hydrogens (tertiary/aromatic N) is 1. The highest BCUT2D eigenvalue weighted by molar-refractivity contribution is 7.99. The molecule has 2 N–H and O–H groups in total. The van der Waals surface area contributed by atoms with E-state index in [4.69, 9.17) is 5.84 Å². The van der Waals surface area contributed by atoms with E-state index in [1.807, 2.05) is 16.8 Å². The topological polar surface area (TPSA) is 29.3 Å². The number of anilines is 1. The molecule has 0 saturated carbocycles. The molecular weight excluding hydrogens is 228 g/mol. The first kappa shape index (κ1) is 10.9. The standard InChI is InChI=1S/C14H16N2S/c15-16(14-7-8-17-10-14)13-6-5-11-3-1-2-4-12(11)9-13/h1-6,9,14H,7-8,10,15H2. The Morgan fingerprint density at radius 1 is 1.12 bits per heavy atom. The van der Waals surface area contributed by atoms with Crippen LogP contribution in [-0.2, 0) is 0 Å². The lowest BCUT2D eigenvalue weighted by Gasteiger charge is -2.25. The molecule has 88 valence electrons. The van der Waals surface area contributed by atoms with Gasteiger partial charge in [0.1, 0.15) is 0 Å². The quantitative estimate of drug-likeness (QED) is 0.650. The van der Waals surface area contributed by atoms with E-state index in [0.717, 1.165) is 11.4 Å². The number of hydrogen-bond acceptors (Lipinski definition) is 3. The van der Waals surface area contributed by atoms with Crippen molar-refractivity contribution < 1.29 is 0 Å². The maximum atomic E-state index is 6.21. The summed E-state index contributed by atoms with van der Waals surface area (Å²) in [5, 5.41) is 4.46. The van der Waals surface area contributed by atoms with E-state index in [2.05, 4.69) is 42.5 Å². The van der Waals surface area contributed by atoms with Crippen LogP contribution in [0.25, 0.3) is 10.8 Å². The largest absolute Gasteiger partial charge is 0.307 e. The van der Waals surface area contributed by atoms with Crippen LogP contribution in [0.2, 0.25) is 0 Å². The van der Waals surface area contributed by atoms with E-state index in [0.29, 0.717) is 6.04 Å². The highest BCUT2D eigenvalue weighted by atomic mass is 32.2. The monoisotopic (exact) mass is 244 g/mol. The molecule has 1 atom stereocenters. The lowest BCUT2D eigenvalue weighted by atomic mass is 10.1. The first-order valence-corrected chi connectivity index (χ1v) is 7.10. The minimum Gasteiger partial charge on any atom is -0.307 e. The summed E-state index contributed by atoms with van der Waals surface area (Å²) in [6, 6.07) is 15.3. The van der Waals surface area contributed by atoms with Crippen molar-refractivity contribution in [3.05, 3.63) is 42.5 Å². The average Bonchev–Trinajstić information content (AvgIpc) is 2.91. The normalized spacial score (nSPS) is 19.7. The Bertz CT molecular complexity index is 520. The van der Waals surface area contributed by atoms with Gasteiger partial charge < -0.3 is 5.01 Å². The summed E-state index contributed by atoms with van der Waals surface area (Å²) in [5.74, 6) is 8.58. The predicted molar refractivity (Wildman–Crippen MR) is 76.3 cm³/mol. The molecule has 1 aliphatic rings. The van der Waals surface area contributed by atoms with Crippen LogP contribution in [-0.4, -0.2) is 17.5 Å². The molecule has 17 heavy (non-hydrogen) atoms. The number of hydrogen-bond donors (Lipinski definition) is 1. The smallest absolute Gasteiger partial charge is 0.0550 e. The van der Waals surface area contributed by atoms with Crippen molar-refractivity contribution in [1.82, 2.24) is 0 Å². The number of fused-ring (bicyclic) bond motifs is 1. The van der Waals surface area contributed by atoms with Gasteiger partial charge in [0, 0.05) is 5.75 Å². The highest BCUT2D eigenvalue weighted by Crippen LogP contribution is 2.27. The Morgan fingerprint density at radius 2 is 1.94 bits per heavy atom. The molecule has 1 unspecified atom stereocenters. The Balaban J connectivity index is 1.94. The van der Waals surface area contributed by atoms with Crippen molar-refractivity contribution in [3.63, 3.8) is 0 Å². The molecule has 2 aromatic carbocycles. The summed E-state index contributed by atoms with van der Waals surface area (Å²) in [7, 11) is 0. The summed E-state index contributed by atoms with van der Waals surface area (Å²) in [5.41, 5.74) is 1.12. The first-order valence-electron chi connectivity index (χ1n) is 5.95. The first-order chi connectivity index (χ1) is 8.34. The Morgan fingerprint density at radius 3 is 2.71 bits per heavy atom. The Hall–Kier alpha value is -1.19. The van der Waals surface area contributed by atoms with Gasteiger partial charge in [0.15, 0.2) is 0 Å². The molecule has 1 aliphatic heterocycles. The summed E-state index contributed by atoms with van der Waals surface area (Å²) in [6.07, 6.45) is 1.19. The van der Waals surface area contributed by atoms with Crippen LogP contribution in [0.1, 0.15) is 6.42 Å². The average molecular weight is 244 g/mol. The fourth-order valence-electron chi connectivity index (χ4n) is 2.29. The van der Waals surface area contributed by atoms with E-state index < -0.39 is 0 Å². The van der Waals surface area contributed by atoms with Gasteiger partial charge in [0.05, 0.1) is 11.7 Å². The summed E-state index contributed by atoms with van der Waals surface area (Å²) < 4.78 is 0. The van der Waals surface area contributed by atoms with E-state index in [-0.39, 0.29) is 0 Å². The van der Waals surface area contributed by atoms with E-state index in [1.54, 1.807) is 0 Å². The van der Waals surface area contributed by atoms with E-state index >= 15 is 0 Å². The molecule has 2 nitrogen and oxygen atoms in total. The van der Waals surface area contributed by atoms with Crippen LogP contribution in [0.3, 0.4) is 0 Å². The molecule has 2 aromatic rings. The second-order valence-corrected chi connectivity index (χ2v) is 5.61. The van der Waals surface area contributed by atoms with E-state index in [9.17, 15) is 0 Å². The van der Waals surface area contributed by atoms with E-state index in [1.165, 1.54) is 22.9 Å². The van der Waals surface area contributed by atoms with Crippen LogP contribution in [0.5, 0.6) is 0 Å². The zero-order valence-electron chi connectivity index (χ0n) is 9.67. The maximum Gasteiger partial charge on any atom is 0.0550 e. The van der Waals surface area contributed by atoms with Gasteiger partial charge in [-0.25, -0.2) is 5.84 Å². The van der Waals surface area contributed by atoms with Gasteiger partial charge in [-0.3, -0.25) is 0 Å². The molecule has 0 amide bonds. The summed E-state index contributed by atoms with van der Waals surface area (Å²) in [4.78, 5) is 0. The summed E-state index contributed by atoms with van der Waals surface area (Å²) in [6.45, 7) is 0. The molecule has 0 spiro atoms. The third kappa shape index (κ3) is 2.13. The number of nitrogens with two attached hydrogens (primary N) is 1. The summed E-state index contributed by atoms with van der Waals surface area (Å²) >= 11 is 1.99. The van der Waals surface area contributed by atoms with Crippen molar-refractivity contribution in [1.29, 1.82) is 0 Å². The lowest BCUT2D eigenvalue weighted by molar-refractivity contribution is 0.666. The number of benzene rings is 2. The number of hydrazine groups is 1. The number of rotatable bonds is 2. The Kier molecular flexibility index (Phi) is 2.95. The minimum atomic E-state index is 0.487. The predicted octanol–water partition coefficient (Wildman–Crippen LogP) is 3.03. The van der Waals surface area contributed by atoms with Crippen molar-refractivity contribution in [2.45, 2.75) is 12.5 Å². The SMILES string of the molecule is NN(c1ccc2ccccc2c1)C1CCSC1. The number of thioether (sulfide) groups is 1. The molecule has 1 fully saturated rings. The molecule has 1 saturated heterocycles. The van der Waals surface area contributed by atoms with Crippen molar-refractivity contribution in [2.24, 2.45) is 5.84 Å². The van der Waals surface area contributed by atoms with Crippen molar-refractivity contribution >= 4 is 28.2 Å². The zero-order valence-corrected chi connectivity index (χ0v) is 10.5. The van der Waals surface area contributed by atoms with Gasteiger partial charge in [-0.05, 0) is 35.1 Å². The van der Waals surface area contributed by atoms with Gasteiger partial charge in [-0.2, -0.15) is 11.8 Å². The second-order valence-electron chi connectivity index (χ2n) is 4.46. The maximum absolute atomic E-state index is 6.21. The minimum absolute atomic E-state index is 0.487. The molecule has 0 aliphatic carbocycles. The van der Waals surface area contributed by atoms with Gasteiger partial charge >= 0.3 is 0 Å². The molecule has 3 rings (SSSR count). The van der Waals surface area contributed by atoms with Gasteiger partial charge in [0.25, 0.3) is 0 Å². The molecule has 0 bridgehead atoms. The molecule has 3 heteroatoms. The third-order valence-corrected chi connectivity index (χ3v) is 4.48. The van der Waals surface area contributed by atoms with Crippen LogP contribution in [0, 0.1) is 0 Å². The fraction of sp³-hybridized carbons (Fsp3) is 0.286. The second kappa shape index (κ2) is 4.59. The van der Waals surface area contributed by atoms with Crippen LogP contribution >= 0.6 is 11.8 Å². The van der Waals surface area contributed by atoms with Crippen molar-refractivity contribution in [3.8, 4) is 0 Å². The third-order valence-electron chi connectivity index (χ3n) is 3.33. The Labute approximate surface area is 106 Å². The molecule has 0 radical (unpaired) electrons. The van der Waals surface area contributed by atoms with Crippen molar-refractivity contribution in [2.75, 3.05) is 16.5 Å². The molecular formula is C14H16N2S. The zero-order chi connectivity index (χ0) is 11.7. The van der Waals surface area contributed by atoms with Gasteiger partial charge in [-0.15, -0.1) is 0 Å². The van der Waals surface area contributed by atoms with Crippen LogP contribution in [0.15, 0.2) is 42.5 Å².